The van der Waals surface area contributed by atoms with E-state index >= 15 is 0 Å². The molecular formula is C19H25N5. The van der Waals surface area contributed by atoms with Crippen LogP contribution in [0, 0.1) is 6.92 Å². The first kappa shape index (κ1) is 16.5. The zero-order valence-corrected chi connectivity index (χ0v) is 14.8. The van der Waals surface area contributed by atoms with E-state index in [0.717, 1.165) is 29.9 Å². The molecule has 5 nitrogen and oxygen atoms in total. The molecule has 0 spiro atoms. The number of aryl methyl sites for hydroxylation is 2. The number of aromatic nitrogens is 4. The molecule has 0 amide bonds. The molecule has 1 aromatic carbocycles. The molecular weight excluding hydrogens is 298 g/mol. The molecule has 3 aromatic rings. The zero-order valence-electron chi connectivity index (χ0n) is 14.8. The third kappa shape index (κ3) is 3.41. The average molecular weight is 323 g/mol. The van der Waals surface area contributed by atoms with E-state index in [0.29, 0.717) is 0 Å². The van der Waals surface area contributed by atoms with Crippen LogP contribution in [0.5, 0.6) is 0 Å². The molecule has 3 rings (SSSR count). The third-order valence-corrected chi connectivity index (χ3v) is 4.33. The Morgan fingerprint density at radius 2 is 1.92 bits per heavy atom. The van der Waals surface area contributed by atoms with Crippen LogP contribution in [-0.2, 0) is 7.05 Å². The minimum absolute atomic E-state index is 0.255. The first-order valence-electron chi connectivity index (χ1n) is 8.28. The maximum Gasteiger partial charge on any atom is 0.0956 e. The molecule has 0 fully saturated rings. The van der Waals surface area contributed by atoms with Crippen LogP contribution in [0.3, 0.4) is 0 Å². The third-order valence-electron chi connectivity index (χ3n) is 4.33. The highest BCUT2D eigenvalue weighted by Gasteiger charge is 2.19. The fourth-order valence-electron chi connectivity index (χ4n) is 3.13. The van der Waals surface area contributed by atoms with Gasteiger partial charge in [0.2, 0.25) is 0 Å². The highest BCUT2D eigenvalue weighted by Crippen LogP contribution is 2.30. The van der Waals surface area contributed by atoms with Crippen LogP contribution in [0.2, 0.25) is 0 Å². The van der Waals surface area contributed by atoms with E-state index in [2.05, 4.69) is 70.2 Å². The molecule has 0 saturated carbocycles. The molecule has 24 heavy (non-hydrogen) atoms. The van der Waals surface area contributed by atoms with E-state index in [1.54, 1.807) is 0 Å². The van der Waals surface area contributed by atoms with Crippen molar-refractivity contribution < 1.29 is 0 Å². The molecule has 0 radical (unpaired) electrons. The van der Waals surface area contributed by atoms with E-state index < -0.39 is 0 Å². The second kappa shape index (κ2) is 7.01. The van der Waals surface area contributed by atoms with Gasteiger partial charge in [0.25, 0.3) is 0 Å². The van der Waals surface area contributed by atoms with Gasteiger partial charge in [0, 0.05) is 18.8 Å². The van der Waals surface area contributed by atoms with E-state index in [9.17, 15) is 0 Å². The maximum atomic E-state index is 4.48. The van der Waals surface area contributed by atoms with E-state index in [4.69, 9.17) is 0 Å². The topological polar surface area (TPSA) is 38.9 Å². The van der Waals surface area contributed by atoms with Gasteiger partial charge in [-0.2, -0.15) is 5.10 Å². The van der Waals surface area contributed by atoms with Crippen LogP contribution in [0.15, 0.2) is 49.1 Å². The van der Waals surface area contributed by atoms with Crippen molar-refractivity contribution >= 4 is 0 Å². The normalized spacial score (nSPS) is 12.7. The lowest BCUT2D eigenvalue weighted by molar-refractivity contribution is 0.367. The molecule has 2 heterocycles. The summed E-state index contributed by atoms with van der Waals surface area (Å²) in [7, 11) is 6.18. The molecule has 0 aliphatic rings. The van der Waals surface area contributed by atoms with E-state index in [1.807, 2.05) is 31.2 Å². The Kier molecular flexibility index (Phi) is 4.81. The van der Waals surface area contributed by atoms with Crippen LogP contribution in [0.4, 0.5) is 0 Å². The summed E-state index contributed by atoms with van der Waals surface area (Å²) in [6.07, 6.45) is 6.97. The summed E-state index contributed by atoms with van der Waals surface area (Å²) in [5.74, 6) is 0. The number of benzene rings is 1. The van der Waals surface area contributed by atoms with Gasteiger partial charge in [-0.15, -0.1) is 0 Å². The average Bonchev–Trinajstić information content (AvgIpc) is 3.14. The van der Waals surface area contributed by atoms with E-state index in [1.165, 1.54) is 5.56 Å². The van der Waals surface area contributed by atoms with Gasteiger partial charge in [-0.05, 0) is 39.5 Å². The predicted octanol–water partition coefficient (Wildman–Crippen LogP) is 3.13. The lowest BCUT2D eigenvalue weighted by atomic mass is 10.0. The van der Waals surface area contributed by atoms with Crippen LogP contribution in [0.25, 0.3) is 11.3 Å². The number of hydrogen-bond donors (Lipinski definition) is 0. The van der Waals surface area contributed by atoms with Crippen LogP contribution < -0.4 is 0 Å². The number of nitrogens with zero attached hydrogens (tertiary/aromatic N) is 5. The molecule has 5 heteroatoms. The quantitative estimate of drug-likeness (QED) is 0.699. The zero-order chi connectivity index (χ0) is 17.1. The van der Waals surface area contributed by atoms with Gasteiger partial charge in [-0.1, -0.05) is 30.3 Å². The minimum atomic E-state index is 0.255. The Bertz CT molecular complexity index is 785. The maximum absolute atomic E-state index is 4.48. The summed E-state index contributed by atoms with van der Waals surface area (Å²) in [5, 5.41) is 4.48. The summed E-state index contributed by atoms with van der Waals surface area (Å²) in [4.78, 5) is 6.66. The van der Waals surface area contributed by atoms with Gasteiger partial charge >= 0.3 is 0 Å². The van der Waals surface area contributed by atoms with Crippen molar-refractivity contribution in [2.24, 2.45) is 7.05 Å². The van der Waals surface area contributed by atoms with Crippen molar-refractivity contribution in [2.75, 3.05) is 20.6 Å². The second-order valence-electron chi connectivity index (χ2n) is 6.51. The number of hydrogen-bond acceptors (Lipinski definition) is 3. The largest absolute Gasteiger partial charge is 0.323 e. The highest BCUT2D eigenvalue weighted by atomic mass is 15.3. The molecule has 0 bridgehead atoms. The standard InChI is InChI=1S/C19H25N5/c1-15-17(13-23(4)21-15)19-12-20-14-24(19)18(10-11-22(2)3)16-8-6-5-7-9-16/h5-9,12-14,18H,10-11H2,1-4H3/t18-/m0/s1. The van der Waals surface area contributed by atoms with Gasteiger partial charge in [-0.3, -0.25) is 4.68 Å². The Hall–Kier alpha value is -2.40. The van der Waals surface area contributed by atoms with Gasteiger partial charge in [0.1, 0.15) is 0 Å². The molecule has 0 aliphatic heterocycles. The molecule has 0 N–H and O–H groups in total. The Morgan fingerprint density at radius 3 is 2.54 bits per heavy atom. The minimum Gasteiger partial charge on any atom is -0.323 e. The van der Waals surface area contributed by atoms with Crippen LogP contribution in [-0.4, -0.2) is 44.9 Å². The smallest absolute Gasteiger partial charge is 0.0956 e. The van der Waals surface area contributed by atoms with Crippen molar-refractivity contribution in [3.8, 4) is 11.3 Å². The van der Waals surface area contributed by atoms with Crippen LogP contribution >= 0.6 is 0 Å². The summed E-state index contributed by atoms with van der Waals surface area (Å²) in [6.45, 7) is 3.06. The number of imidazole rings is 1. The first-order valence-corrected chi connectivity index (χ1v) is 8.28. The SMILES string of the molecule is Cc1nn(C)cc1-c1cncn1[C@@H](CCN(C)C)c1ccccc1. The first-order chi connectivity index (χ1) is 11.6. The summed E-state index contributed by atoms with van der Waals surface area (Å²) in [6, 6.07) is 10.9. The summed E-state index contributed by atoms with van der Waals surface area (Å²) >= 11 is 0. The van der Waals surface area contributed by atoms with Crippen molar-refractivity contribution in [3.05, 3.63) is 60.3 Å². The highest BCUT2D eigenvalue weighted by molar-refractivity contribution is 5.61. The number of rotatable bonds is 6. The van der Waals surface area contributed by atoms with Gasteiger partial charge in [-0.25, -0.2) is 4.98 Å². The Labute approximate surface area is 143 Å². The molecule has 0 saturated heterocycles. The monoisotopic (exact) mass is 323 g/mol. The molecule has 126 valence electrons. The predicted molar refractivity (Wildman–Crippen MR) is 96.9 cm³/mol. The molecule has 0 aliphatic carbocycles. The Balaban J connectivity index is 2.03. The fourth-order valence-corrected chi connectivity index (χ4v) is 3.13. The molecule has 0 unspecified atom stereocenters. The van der Waals surface area contributed by atoms with E-state index in [-0.39, 0.29) is 6.04 Å². The van der Waals surface area contributed by atoms with Gasteiger partial charge < -0.3 is 9.47 Å². The molecule has 2 aromatic heterocycles. The second-order valence-corrected chi connectivity index (χ2v) is 6.51. The summed E-state index contributed by atoms with van der Waals surface area (Å²) < 4.78 is 4.14. The lowest BCUT2D eigenvalue weighted by Gasteiger charge is -2.23. The van der Waals surface area contributed by atoms with Crippen molar-refractivity contribution in [3.63, 3.8) is 0 Å². The van der Waals surface area contributed by atoms with Crippen LogP contribution in [0.1, 0.15) is 23.7 Å². The summed E-state index contributed by atoms with van der Waals surface area (Å²) in [5.41, 5.74) is 4.59. The van der Waals surface area contributed by atoms with Gasteiger partial charge in [0.15, 0.2) is 0 Å². The van der Waals surface area contributed by atoms with Crippen molar-refractivity contribution in [2.45, 2.75) is 19.4 Å². The van der Waals surface area contributed by atoms with Crippen molar-refractivity contribution in [1.29, 1.82) is 0 Å². The fraction of sp³-hybridized carbons (Fsp3) is 0.368. The lowest BCUT2D eigenvalue weighted by Crippen LogP contribution is -2.20. The molecule has 1 atom stereocenters. The van der Waals surface area contributed by atoms with Crippen molar-refractivity contribution in [1.82, 2.24) is 24.2 Å². The van der Waals surface area contributed by atoms with Gasteiger partial charge in [0.05, 0.1) is 30.0 Å². The Morgan fingerprint density at radius 1 is 1.17 bits per heavy atom.